The molecule has 5 heteroatoms. The number of fused-ring (bicyclic) bond motifs is 2. The predicted octanol–water partition coefficient (Wildman–Crippen LogP) is 2.58. The molecule has 1 unspecified atom stereocenters. The summed E-state index contributed by atoms with van der Waals surface area (Å²) >= 11 is 0. The zero-order chi connectivity index (χ0) is 13.0. The van der Waals surface area contributed by atoms with E-state index in [1.54, 1.807) is 6.20 Å². The van der Waals surface area contributed by atoms with E-state index in [1.807, 2.05) is 17.1 Å². The SMILES string of the molecule is CC1(C)CNc2cc3c(cc21)NC(n1ccnc1)N3. The third-order valence-corrected chi connectivity index (χ3v) is 4.02. The maximum Gasteiger partial charge on any atom is 0.181 e. The summed E-state index contributed by atoms with van der Waals surface area (Å²) in [6.07, 6.45) is 5.60. The van der Waals surface area contributed by atoms with Crippen molar-refractivity contribution in [3.63, 3.8) is 0 Å². The first-order valence-corrected chi connectivity index (χ1v) is 6.56. The van der Waals surface area contributed by atoms with Crippen LogP contribution in [0.25, 0.3) is 0 Å². The Balaban J connectivity index is 1.72. The van der Waals surface area contributed by atoms with E-state index >= 15 is 0 Å². The molecule has 1 atom stereocenters. The van der Waals surface area contributed by atoms with Crippen molar-refractivity contribution >= 4 is 17.1 Å². The molecule has 1 aromatic heterocycles. The summed E-state index contributed by atoms with van der Waals surface area (Å²) in [5, 5.41) is 10.4. The Morgan fingerprint density at radius 2 is 2.00 bits per heavy atom. The molecule has 0 bridgehead atoms. The van der Waals surface area contributed by atoms with Crippen LogP contribution in [0.1, 0.15) is 25.7 Å². The van der Waals surface area contributed by atoms with Crippen LogP contribution in [0.5, 0.6) is 0 Å². The summed E-state index contributed by atoms with van der Waals surface area (Å²) in [6.45, 7) is 5.54. The molecule has 0 amide bonds. The van der Waals surface area contributed by atoms with E-state index in [9.17, 15) is 0 Å². The lowest BCUT2D eigenvalue weighted by Gasteiger charge is -2.17. The fourth-order valence-electron chi connectivity index (χ4n) is 2.86. The minimum absolute atomic E-state index is 0.0446. The highest BCUT2D eigenvalue weighted by Gasteiger charge is 2.32. The summed E-state index contributed by atoms with van der Waals surface area (Å²) in [4.78, 5) is 4.09. The summed E-state index contributed by atoms with van der Waals surface area (Å²) in [5.41, 5.74) is 5.12. The molecular formula is C14H17N5. The standard InChI is InChI=1S/C14H17N5/c1-14(2)7-16-10-6-12-11(5-9(10)14)17-13(18-12)19-4-3-15-8-19/h3-6,8,13,16-18H,7H2,1-2H3. The molecular weight excluding hydrogens is 238 g/mol. The number of hydrogen-bond donors (Lipinski definition) is 3. The molecule has 0 radical (unpaired) electrons. The number of aromatic nitrogens is 2. The van der Waals surface area contributed by atoms with Gasteiger partial charge in [-0.1, -0.05) is 13.8 Å². The van der Waals surface area contributed by atoms with Gasteiger partial charge in [0.2, 0.25) is 0 Å². The van der Waals surface area contributed by atoms with Gasteiger partial charge >= 0.3 is 0 Å². The second kappa shape index (κ2) is 3.44. The monoisotopic (exact) mass is 255 g/mol. The number of anilines is 3. The van der Waals surface area contributed by atoms with Gasteiger partial charge in [-0.3, -0.25) is 4.57 Å². The average Bonchev–Trinajstić information content (AvgIpc) is 3.07. The van der Waals surface area contributed by atoms with Crippen molar-refractivity contribution in [1.29, 1.82) is 0 Å². The Morgan fingerprint density at radius 1 is 1.21 bits per heavy atom. The molecule has 0 saturated heterocycles. The second-order valence-electron chi connectivity index (χ2n) is 5.88. The van der Waals surface area contributed by atoms with Gasteiger partial charge in [0.15, 0.2) is 6.29 Å². The van der Waals surface area contributed by atoms with Gasteiger partial charge in [0.1, 0.15) is 0 Å². The van der Waals surface area contributed by atoms with Crippen LogP contribution in [0, 0.1) is 0 Å². The normalized spacial score (nSPS) is 22.1. The summed E-state index contributed by atoms with van der Waals surface area (Å²) in [6, 6.07) is 4.46. The van der Waals surface area contributed by atoms with Crippen LogP contribution in [-0.2, 0) is 5.41 Å². The summed E-state index contributed by atoms with van der Waals surface area (Å²) in [7, 11) is 0. The molecule has 19 heavy (non-hydrogen) atoms. The minimum atomic E-state index is 0.0446. The minimum Gasteiger partial charge on any atom is -0.384 e. The first-order valence-electron chi connectivity index (χ1n) is 6.56. The van der Waals surface area contributed by atoms with Gasteiger partial charge in [-0.05, 0) is 17.7 Å². The first-order chi connectivity index (χ1) is 9.13. The van der Waals surface area contributed by atoms with Crippen LogP contribution in [0.3, 0.4) is 0 Å². The lowest BCUT2D eigenvalue weighted by molar-refractivity contribution is 0.586. The first kappa shape index (κ1) is 10.7. The van der Waals surface area contributed by atoms with Crippen molar-refractivity contribution in [1.82, 2.24) is 9.55 Å². The molecule has 3 heterocycles. The Bertz CT molecular complexity index is 630. The topological polar surface area (TPSA) is 53.9 Å². The molecule has 0 spiro atoms. The maximum absolute atomic E-state index is 4.09. The van der Waals surface area contributed by atoms with E-state index in [2.05, 4.69) is 46.9 Å². The molecule has 1 aromatic carbocycles. The highest BCUT2D eigenvalue weighted by molar-refractivity contribution is 5.81. The largest absolute Gasteiger partial charge is 0.384 e. The Morgan fingerprint density at radius 3 is 2.74 bits per heavy atom. The summed E-state index contributed by atoms with van der Waals surface area (Å²) < 4.78 is 2.02. The van der Waals surface area contributed by atoms with Gasteiger partial charge in [-0.25, -0.2) is 4.98 Å². The third kappa shape index (κ3) is 1.51. The van der Waals surface area contributed by atoms with E-state index in [0.717, 1.165) is 17.9 Å². The van der Waals surface area contributed by atoms with Crippen molar-refractivity contribution in [3.8, 4) is 0 Å². The zero-order valence-corrected chi connectivity index (χ0v) is 11.1. The Hall–Kier alpha value is -2.17. The van der Waals surface area contributed by atoms with E-state index in [4.69, 9.17) is 0 Å². The van der Waals surface area contributed by atoms with E-state index in [0.29, 0.717) is 0 Å². The van der Waals surface area contributed by atoms with Gasteiger partial charge in [0, 0.05) is 30.0 Å². The molecule has 98 valence electrons. The molecule has 2 aliphatic heterocycles. The van der Waals surface area contributed by atoms with Crippen LogP contribution in [0.4, 0.5) is 17.1 Å². The average molecular weight is 255 g/mol. The number of rotatable bonds is 1. The fourth-order valence-corrected chi connectivity index (χ4v) is 2.86. The van der Waals surface area contributed by atoms with Crippen LogP contribution >= 0.6 is 0 Å². The van der Waals surface area contributed by atoms with Crippen molar-refractivity contribution in [2.75, 3.05) is 22.5 Å². The van der Waals surface area contributed by atoms with Gasteiger partial charge in [0.05, 0.1) is 17.7 Å². The molecule has 0 aliphatic carbocycles. The highest BCUT2D eigenvalue weighted by atomic mass is 15.4. The number of nitrogens with one attached hydrogen (secondary N) is 3. The fraction of sp³-hybridized carbons (Fsp3) is 0.357. The summed E-state index contributed by atoms with van der Waals surface area (Å²) in [5.74, 6) is 0. The number of benzene rings is 1. The van der Waals surface area contributed by atoms with Crippen molar-refractivity contribution in [2.45, 2.75) is 25.6 Å². The number of hydrogen-bond acceptors (Lipinski definition) is 4. The van der Waals surface area contributed by atoms with Crippen molar-refractivity contribution in [3.05, 3.63) is 36.4 Å². The van der Waals surface area contributed by atoms with Crippen molar-refractivity contribution in [2.24, 2.45) is 0 Å². The second-order valence-corrected chi connectivity index (χ2v) is 5.88. The van der Waals surface area contributed by atoms with Gasteiger partial charge < -0.3 is 16.0 Å². The molecule has 2 aliphatic rings. The highest BCUT2D eigenvalue weighted by Crippen LogP contribution is 2.44. The molecule has 0 saturated carbocycles. The maximum atomic E-state index is 4.09. The lowest BCUT2D eigenvalue weighted by atomic mass is 9.86. The van der Waals surface area contributed by atoms with Crippen LogP contribution in [0.2, 0.25) is 0 Å². The van der Waals surface area contributed by atoms with Gasteiger partial charge in [0.25, 0.3) is 0 Å². The quantitative estimate of drug-likeness (QED) is 0.733. The van der Waals surface area contributed by atoms with Crippen molar-refractivity contribution < 1.29 is 0 Å². The molecule has 3 N–H and O–H groups in total. The van der Waals surface area contributed by atoms with Crippen LogP contribution in [0.15, 0.2) is 30.9 Å². The number of nitrogens with zero attached hydrogens (tertiary/aromatic N) is 2. The Kier molecular flexibility index (Phi) is 1.94. The number of imidazole rings is 1. The molecule has 5 nitrogen and oxygen atoms in total. The third-order valence-electron chi connectivity index (χ3n) is 4.02. The van der Waals surface area contributed by atoms with Crippen LogP contribution < -0.4 is 16.0 Å². The predicted molar refractivity (Wildman–Crippen MR) is 76.5 cm³/mol. The van der Waals surface area contributed by atoms with E-state index in [-0.39, 0.29) is 11.7 Å². The lowest BCUT2D eigenvalue weighted by Crippen LogP contribution is -2.19. The zero-order valence-electron chi connectivity index (χ0n) is 11.1. The van der Waals surface area contributed by atoms with E-state index < -0.39 is 0 Å². The Labute approximate surface area is 112 Å². The van der Waals surface area contributed by atoms with Crippen LogP contribution in [-0.4, -0.2) is 16.1 Å². The smallest absolute Gasteiger partial charge is 0.181 e. The molecule has 4 rings (SSSR count). The van der Waals surface area contributed by atoms with E-state index in [1.165, 1.54) is 11.3 Å². The van der Waals surface area contributed by atoms with Gasteiger partial charge in [-0.2, -0.15) is 0 Å². The van der Waals surface area contributed by atoms with Gasteiger partial charge in [-0.15, -0.1) is 0 Å². The molecule has 2 aromatic rings. The molecule has 0 fully saturated rings.